The van der Waals surface area contributed by atoms with E-state index in [1.165, 1.54) is 10.6 Å². The average molecular weight is 273 g/mol. The van der Waals surface area contributed by atoms with Gasteiger partial charge < -0.3 is 0 Å². The van der Waals surface area contributed by atoms with Crippen molar-refractivity contribution in [1.82, 2.24) is 19.5 Å². The molecule has 1 atom stereocenters. The summed E-state index contributed by atoms with van der Waals surface area (Å²) in [5.41, 5.74) is 0. The summed E-state index contributed by atoms with van der Waals surface area (Å²) in [6, 6.07) is 0. The molecule has 1 aromatic rings. The Morgan fingerprint density at radius 2 is 2.39 bits per heavy atom. The zero-order chi connectivity index (χ0) is 13.2. The molecule has 18 heavy (non-hydrogen) atoms. The van der Waals surface area contributed by atoms with Crippen LogP contribution >= 0.6 is 0 Å². The molecule has 2 N–H and O–H groups in total. The molecule has 1 aromatic heterocycles. The van der Waals surface area contributed by atoms with Gasteiger partial charge in [0.15, 0.2) is 0 Å². The van der Waals surface area contributed by atoms with E-state index in [1.54, 1.807) is 0 Å². The number of hydrogen-bond donors (Lipinski definition) is 2. The highest BCUT2D eigenvalue weighted by Crippen LogP contribution is 2.19. The number of aromatic amines is 1. The molecule has 8 nitrogen and oxygen atoms in total. The minimum atomic E-state index is -3.24. The Labute approximate surface area is 105 Å². The largest absolute Gasteiger partial charge is 0.295 e. The van der Waals surface area contributed by atoms with Gasteiger partial charge in [-0.3, -0.25) is 10.1 Å². The second kappa shape index (κ2) is 5.02. The SMILES string of the molecule is CS(=O)(=O)N1CCCC(C(=O)Nc2ncn[nH]2)C1. The predicted molar refractivity (Wildman–Crippen MR) is 64.2 cm³/mol. The van der Waals surface area contributed by atoms with Crippen LogP contribution in [0.1, 0.15) is 12.8 Å². The van der Waals surface area contributed by atoms with Crippen LogP contribution in [0.4, 0.5) is 5.95 Å². The summed E-state index contributed by atoms with van der Waals surface area (Å²) in [5.74, 6) is -0.310. The number of piperidine rings is 1. The molecule has 9 heteroatoms. The van der Waals surface area contributed by atoms with Gasteiger partial charge in [0.05, 0.1) is 12.2 Å². The van der Waals surface area contributed by atoms with Crippen LogP contribution < -0.4 is 5.32 Å². The lowest BCUT2D eigenvalue weighted by molar-refractivity contribution is -0.120. The standard InChI is InChI=1S/C9H15N5O3S/c1-18(16,17)14-4-2-3-7(5-14)8(15)12-9-10-6-11-13-9/h6-7H,2-5H2,1H3,(H2,10,11,12,13,15). The quantitative estimate of drug-likeness (QED) is 0.765. The van der Waals surface area contributed by atoms with Crippen molar-refractivity contribution in [2.24, 2.45) is 5.92 Å². The molecule has 1 aliphatic heterocycles. The third kappa shape index (κ3) is 3.05. The summed E-state index contributed by atoms with van der Waals surface area (Å²) in [6.45, 7) is 0.698. The van der Waals surface area contributed by atoms with Crippen molar-refractivity contribution in [2.45, 2.75) is 12.8 Å². The lowest BCUT2D eigenvalue weighted by Gasteiger charge is -2.29. The van der Waals surface area contributed by atoms with Gasteiger partial charge in [-0.2, -0.15) is 10.1 Å². The Balaban J connectivity index is 1.98. The summed E-state index contributed by atoms with van der Waals surface area (Å²) in [4.78, 5) is 15.7. The number of nitrogens with zero attached hydrogens (tertiary/aromatic N) is 3. The van der Waals surface area contributed by atoms with Gasteiger partial charge >= 0.3 is 0 Å². The van der Waals surface area contributed by atoms with Crippen LogP contribution in [0, 0.1) is 5.92 Å². The number of rotatable bonds is 3. The number of carbonyl (C=O) groups is 1. The molecule has 1 amide bonds. The maximum Gasteiger partial charge on any atom is 0.231 e. The molecule has 1 aliphatic rings. The van der Waals surface area contributed by atoms with Crippen LogP contribution in [0.5, 0.6) is 0 Å². The van der Waals surface area contributed by atoms with Crippen LogP contribution in [-0.4, -0.2) is 53.2 Å². The van der Waals surface area contributed by atoms with Crippen LogP contribution in [-0.2, 0) is 14.8 Å². The van der Waals surface area contributed by atoms with Crippen molar-refractivity contribution in [3.05, 3.63) is 6.33 Å². The van der Waals surface area contributed by atoms with E-state index >= 15 is 0 Å². The monoisotopic (exact) mass is 273 g/mol. The predicted octanol–water partition coefficient (Wildman–Crippen LogP) is -0.585. The fraction of sp³-hybridized carbons (Fsp3) is 0.667. The maximum absolute atomic E-state index is 11.9. The van der Waals surface area contributed by atoms with Gasteiger partial charge in [-0.15, -0.1) is 0 Å². The molecule has 0 saturated carbocycles. The van der Waals surface area contributed by atoms with E-state index in [0.717, 1.165) is 6.26 Å². The summed E-state index contributed by atoms with van der Waals surface area (Å²) in [7, 11) is -3.24. The topological polar surface area (TPSA) is 108 Å². The van der Waals surface area contributed by atoms with E-state index in [-0.39, 0.29) is 24.3 Å². The number of sulfonamides is 1. The van der Waals surface area contributed by atoms with Gasteiger partial charge in [-0.1, -0.05) is 0 Å². The van der Waals surface area contributed by atoms with Crippen molar-refractivity contribution in [3.8, 4) is 0 Å². The van der Waals surface area contributed by atoms with E-state index in [1.807, 2.05) is 0 Å². The summed E-state index contributed by atoms with van der Waals surface area (Å²) >= 11 is 0. The normalized spacial score (nSPS) is 21.7. The second-order valence-corrected chi connectivity index (χ2v) is 6.27. The molecule has 0 aromatic carbocycles. The molecule has 0 spiro atoms. The molecule has 2 heterocycles. The van der Waals surface area contributed by atoms with E-state index in [2.05, 4.69) is 20.5 Å². The Bertz CT molecular complexity index is 512. The van der Waals surface area contributed by atoms with E-state index in [9.17, 15) is 13.2 Å². The first-order chi connectivity index (χ1) is 8.47. The highest BCUT2D eigenvalue weighted by molar-refractivity contribution is 7.88. The first kappa shape index (κ1) is 13.0. The highest BCUT2D eigenvalue weighted by Gasteiger charge is 2.30. The zero-order valence-electron chi connectivity index (χ0n) is 9.96. The van der Waals surface area contributed by atoms with Gasteiger partial charge in [-0.05, 0) is 12.8 Å². The Morgan fingerprint density at radius 1 is 1.61 bits per heavy atom. The number of anilines is 1. The molecule has 0 aliphatic carbocycles. The van der Waals surface area contributed by atoms with Gasteiger partial charge in [0.2, 0.25) is 21.9 Å². The van der Waals surface area contributed by atoms with Crippen LogP contribution in [0.3, 0.4) is 0 Å². The summed E-state index contributed by atoms with van der Waals surface area (Å²) < 4.78 is 24.2. The summed E-state index contributed by atoms with van der Waals surface area (Å²) in [6.07, 6.45) is 3.80. The second-order valence-electron chi connectivity index (χ2n) is 4.28. The lowest BCUT2D eigenvalue weighted by Crippen LogP contribution is -2.43. The van der Waals surface area contributed by atoms with E-state index < -0.39 is 10.0 Å². The third-order valence-corrected chi connectivity index (χ3v) is 4.15. The molecule has 1 saturated heterocycles. The molecular weight excluding hydrogens is 258 g/mol. The zero-order valence-corrected chi connectivity index (χ0v) is 10.8. The molecule has 0 bridgehead atoms. The van der Waals surface area contributed by atoms with E-state index in [0.29, 0.717) is 19.4 Å². The Morgan fingerprint density at radius 3 is 3.00 bits per heavy atom. The Kier molecular flexibility index (Phi) is 3.62. The maximum atomic E-state index is 11.9. The van der Waals surface area contributed by atoms with Gasteiger partial charge in [0.25, 0.3) is 0 Å². The Hall–Kier alpha value is -1.48. The number of carbonyl (C=O) groups excluding carboxylic acids is 1. The number of amides is 1. The van der Waals surface area contributed by atoms with Crippen LogP contribution in [0.25, 0.3) is 0 Å². The van der Waals surface area contributed by atoms with E-state index in [4.69, 9.17) is 0 Å². The van der Waals surface area contributed by atoms with Crippen molar-refractivity contribution in [2.75, 3.05) is 24.7 Å². The number of H-pyrrole nitrogens is 1. The summed E-state index contributed by atoms with van der Waals surface area (Å²) in [5, 5.41) is 8.72. The van der Waals surface area contributed by atoms with Crippen molar-refractivity contribution < 1.29 is 13.2 Å². The molecule has 2 rings (SSSR count). The first-order valence-corrected chi connectivity index (χ1v) is 7.43. The molecule has 1 unspecified atom stereocenters. The fourth-order valence-corrected chi connectivity index (χ4v) is 2.85. The van der Waals surface area contributed by atoms with Crippen molar-refractivity contribution in [1.29, 1.82) is 0 Å². The first-order valence-electron chi connectivity index (χ1n) is 5.58. The average Bonchev–Trinajstić information content (AvgIpc) is 2.81. The minimum Gasteiger partial charge on any atom is -0.295 e. The van der Waals surface area contributed by atoms with Gasteiger partial charge in [0.1, 0.15) is 6.33 Å². The van der Waals surface area contributed by atoms with Gasteiger partial charge in [0, 0.05) is 13.1 Å². The van der Waals surface area contributed by atoms with Crippen molar-refractivity contribution >= 4 is 21.9 Å². The smallest absolute Gasteiger partial charge is 0.231 e. The molecule has 0 radical (unpaired) electrons. The molecule has 1 fully saturated rings. The lowest BCUT2D eigenvalue weighted by atomic mass is 9.99. The fourth-order valence-electron chi connectivity index (χ4n) is 1.94. The molecular formula is C9H15N5O3S. The number of hydrogen-bond acceptors (Lipinski definition) is 5. The van der Waals surface area contributed by atoms with Crippen LogP contribution in [0.2, 0.25) is 0 Å². The van der Waals surface area contributed by atoms with Gasteiger partial charge in [-0.25, -0.2) is 17.8 Å². The number of aromatic nitrogens is 3. The molecule has 100 valence electrons. The number of nitrogens with one attached hydrogen (secondary N) is 2. The minimum absolute atomic E-state index is 0.221. The highest BCUT2D eigenvalue weighted by atomic mass is 32.2. The van der Waals surface area contributed by atoms with Crippen LogP contribution in [0.15, 0.2) is 6.33 Å². The third-order valence-electron chi connectivity index (χ3n) is 2.88. The van der Waals surface area contributed by atoms with Crippen molar-refractivity contribution in [3.63, 3.8) is 0 Å².